The molecule has 0 aliphatic rings. The first kappa shape index (κ1) is 16.2. The molecule has 2 aromatic rings. The van der Waals surface area contributed by atoms with Gasteiger partial charge in [0.05, 0.1) is 18.1 Å². The van der Waals surface area contributed by atoms with Gasteiger partial charge in [0, 0.05) is 53.3 Å². The van der Waals surface area contributed by atoms with Crippen LogP contribution in [0.1, 0.15) is 12.7 Å². The van der Waals surface area contributed by atoms with E-state index in [2.05, 4.69) is 4.98 Å². The van der Waals surface area contributed by atoms with Gasteiger partial charge in [0.2, 0.25) is 0 Å². The minimum atomic E-state index is -0.865. The molecule has 0 N–H and O–H groups in total. The molecule has 1 atom stereocenters. The minimum absolute atomic E-state index is 0.178. The van der Waals surface area contributed by atoms with Gasteiger partial charge in [0.1, 0.15) is 5.82 Å². The van der Waals surface area contributed by atoms with Crippen molar-refractivity contribution in [2.24, 2.45) is 0 Å². The van der Waals surface area contributed by atoms with Gasteiger partial charge in [0.15, 0.2) is 11.6 Å². The smallest absolute Gasteiger partial charge is 0.167 e. The molecule has 1 heterocycles. The van der Waals surface area contributed by atoms with Crippen molar-refractivity contribution in [3.63, 3.8) is 0 Å². The van der Waals surface area contributed by atoms with Gasteiger partial charge >= 0.3 is 0 Å². The Bertz CT molecular complexity index is 660. The van der Waals surface area contributed by atoms with Crippen LogP contribution in [0.4, 0.5) is 4.39 Å². The number of fused-ring (bicyclic) bond motifs is 1. The number of imidazole rings is 1. The maximum absolute atomic E-state index is 13.8. The molecule has 0 amide bonds. The van der Waals surface area contributed by atoms with Crippen LogP contribution in [0.25, 0.3) is 11.0 Å². The number of nitrogens with zero attached hydrogens (tertiary/aromatic N) is 2. The molecule has 2 rings (SSSR count). The average molecular weight is 333 g/mol. The fourth-order valence-electron chi connectivity index (χ4n) is 2.20. The van der Waals surface area contributed by atoms with Gasteiger partial charge < -0.3 is 9.30 Å². The molecule has 7 heteroatoms. The molecule has 0 aliphatic heterocycles. The van der Waals surface area contributed by atoms with Gasteiger partial charge in [0.25, 0.3) is 0 Å². The Morgan fingerprint density at radius 3 is 2.86 bits per heavy atom. The van der Waals surface area contributed by atoms with Crippen LogP contribution < -0.4 is 4.74 Å². The van der Waals surface area contributed by atoms with Gasteiger partial charge in [-0.15, -0.1) is 11.6 Å². The lowest BCUT2D eigenvalue weighted by atomic mass is 10.3. The van der Waals surface area contributed by atoms with Crippen LogP contribution >= 0.6 is 11.6 Å². The van der Waals surface area contributed by atoms with Gasteiger partial charge in [-0.1, -0.05) is 6.92 Å². The number of hydrogen-bond donors (Lipinski definition) is 0. The van der Waals surface area contributed by atoms with Crippen molar-refractivity contribution in [3.8, 4) is 5.75 Å². The number of benzene rings is 1. The largest absolute Gasteiger partial charge is 0.494 e. The Balaban J connectivity index is 2.46. The zero-order chi connectivity index (χ0) is 15.4. The fourth-order valence-corrected chi connectivity index (χ4v) is 3.04. The summed E-state index contributed by atoms with van der Waals surface area (Å²) >= 11 is 5.80. The van der Waals surface area contributed by atoms with Crippen LogP contribution in [0.3, 0.4) is 0 Å². The number of aryl methyl sites for hydroxylation is 2. The first-order chi connectivity index (χ1) is 10.1. The maximum atomic E-state index is 13.8. The molecular formula is C14H18ClFN2O2S. The average Bonchev–Trinajstić information content (AvgIpc) is 2.80. The van der Waals surface area contributed by atoms with Crippen LogP contribution in [-0.4, -0.2) is 38.3 Å². The van der Waals surface area contributed by atoms with Gasteiger partial charge in [-0.25, -0.2) is 9.37 Å². The fraction of sp³-hybridized carbons (Fsp3) is 0.500. The standard InChI is InChI=1S/C14H18ClFN2O2S/c1-3-21(19)7-6-18-12-9-13(20-2)10(16)8-11(12)17-14(18)4-5-15/h8-9H,3-7H2,1-2H3. The molecule has 0 radical (unpaired) electrons. The molecule has 116 valence electrons. The highest BCUT2D eigenvalue weighted by Gasteiger charge is 2.15. The minimum Gasteiger partial charge on any atom is -0.494 e. The van der Waals surface area contributed by atoms with Gasteiger partial charge in [-0.3, -0.25) is 4.21 Å². The highest BCUT2D eigenvalue weighted by atomic mass is 35.5. The predicted molar refractivity (Wildman–Crippen MR) is 84.2 cm³/mol. The van der Waals surface area contributed by atoms with Crippen molar-refractivity contribution in [1.29, 1.82) is 0 Å². The third-order valence-corrected chi connectivity index (χ3v) is 4.75. The van der Waals surface area contributed by atoms with E-state index in [-0.39, 0.29) is 5.75 Å². The van der Waals surface area contributed by atoms with Gasteiger partial charge in [-0.2, -0.15) is 0 Å². The van der Waals surface area contributed by atoms with E-state index in [1.165, 1.54) is 13.2 Å². The quantitative estimate of drug-likeness (QED) is 0.732. The lowest BCUT2D eigenvalue weighted by molar-refractivity contribution is 0.387. The molecule has 21 heavy (non-hydrogen) atoms. The van der Waals surface area contributed by atoms with Crippen molar-refractivity contribution >= 4 is 33.4 Å². The molecule has 1 unspecified atom stereocenters. The molecule has 0 saturated heterocycles. The van der Waals surface area contributed by atoms with E-state index in [1.54, 1.807) is 6.07 Å². The third kappa shape index (κ3) is 3.55. The van der Waals surface area contributed by atoms with Crippen molar-refractivity contribution in [1.82, 2.24) is 9.55 Å². The highest BCUT2D eigenvalue weighted by molar-refractivity contribution is 7.84. The Kier molecular flexibility index (Phi) is 5.58. The molecule has 0 saturated carbocycles. The number of rotatable bonds is 7. The predicted octanol–water partition coefficient (Wildman–Crippen LogP) is 2.73. The summed E-state index contributed by atoms with van der Waals surface area (Å²) in [5, 5.41) is 0. The summed E-state index contributed by atoms with van der Waals surface area (Å²) < 4.78 is 32.4. The Morgan fingerprint density at radius 2 is 2.24 bits per heavy atom. The summed E-state index contributed by atoms with van der Waals surface area (Å²) in [5.74, 6) is 2.11. The van der Waals surface area contributed by atoms with Crippen LogP contribution in [0.15, 0.2) is 12.1 Å². The summed E-state index contributed by atoms with van der Waals surface area (Å²) in [4.78, 5) is 4.43. The number of halogens is 2. The summed E-state index contributed by atoms with van der Waals surface area (Å²) in [5.41, 5.74) is 1.34. The first-order valence-electron chi connectivity index (χ1n) is 6.74. The number of ether oxygens (including phenoxy) is 1. The first-order valence-corrected chi connectivity index (χ1v) is 8.76. The second-order valence-corrected chi connectivity index (χ2v) is 6.77. The Morgan fingerprint density at radius 1 is 1.48 bits per heavy atom. The summed E-state index contributed by atoms with van der Waals surface area (Å²) in [6, 6.07) is 2.99. The van der Waals surface area contributed by atoms with Crippen LogP contribution in [0, 0.1) is 5.82 Å². The van der Waals surface area contributed by atoms with E-state index in [9.17, 15) is 8.60 Å². The topological polar surface area (TPSA) is 44.1 Å². The Labute approximate surface area is 130 Å². The number of methoxy groups -OCH3 is 1. The molecule has 1 aromatic heterocycles. The SMILES string of the molecule is CCS(=O)CCn1c(CCCl)nc2cc(F)c(OC)cc21. The summed E-state index contributed by atoms with van der Waals surface area (Å²) in [7, 11) is 0.562. The molecule has 1 aromatic carbocycles. The lowest BCUT2D eigenvalue weighted by Gasteiger charge is -2.09. The molecule has 0 bridgehead atoms. The number of hydrogen-bond acceptors (Lipinski definition) is 3. The van der Waals surface area contributed by atoms with E-state index in [0.717, 1.165) is 11.3 Å². The molecule has 0 fully saturated rings. The second kappa shape index (κ2) is 7.22. The van der Waals surface area contributed by atoms with Crippen LogP contribution in [0.2, 0.25) is 0 Å². The molecule has 4 nitrogen and oxygen atoms in total. The Hall–Kier alpha value is -1.14. The van der Waals surface area contributed by atoms with Gasteiger partial charge in [-0.05, 0) is 0 Å². The van der Waals surface area contributed by atoms with E-state index < -0.39 is 16.6 Å². The van der Waals surface area contributed by atoms with Crippen molar-refractivity contribution < 1.29 is 13.3 Å². The van der Waals surface area contributed by atoms with E-state index >= 15 is 0 Å². The molecule has 0 aliphatic carbocycles. The number of aromatic nitrogens is 2. The zero-order valence-corrected chi connectivity index (χ0v) is 13.6. The molecule has 0 spiro atoms. The normalized spacial score (nSPS) is 12.8. The van der Waals surface area contributed by atoms with E-state index in [1.807, 2.05) is 11.5 Å². The zero-order valence-electron chi connectivity index (χ0n) is 12.1. The van der Waals surface area contributed by atoms with Crippen molar-refractivity contribution in [3.05, 3.63) is 23.8 Å². The van der Waals surface area contributed by atoms with Crippen LogP contribution in [0.5, 0.6) is 5.75 Å². The van der Waals surface area contributed by atoms with E-state index in [4.69, 9.17) is 16.3 Å². The van der Waals surface area contributed by atoms with Crippen molar-refractivity contribution in [2.45, 2.75) is 19.9 Å². The van der Waals surface area contributed by atoms with Crippen LogP contribution in [-0.2, 0) is 23.8 Å². The van der Waals surface area contributed by atoms with E-state index in [0.29, 0.717) is 35.9 Å². The maximum Gasteiger partial charge on any atom is 0.167 e. The van der Waals surface area contributed by atoms with Crippen molar-refractivity contribution in [2.75, 3.05) is 24.5 Å². The highest BCUT2D eigenvalue weighted by Crippen LogP contribution is 2.25. The lowest BCUT2D eigenvalue weighted by Crippen LogP contribution is -2.12. The number of alkyl halides is 1. The second-order valence-electron chi connectivity index (χ2n) is 4.53. The molecular weight excluding hydrogens is 315 g/mol. The monoisotopic (exact) mass is 332 g/mol. The third-order valence-electron chi connectivity index (χ3n) is 3.28. The summed E-state index contributed by atoms with van der Waals surface area (Å²) in [6.07, 6.45) is 0.582. The summed E-state index contributed by atoms with van der Waals surface area (Å²) in [6.45, 7) is 2.46.